The van der Waals surface area contributed by atoms with Crippen LogP contribution < -0.4 is 5.32 Å². The van der Waals surface area contributed by atoms with Gasteiger partial charge in [-0.05, 0) is 57.0 Å². The maximum Gasteiger partial charge on any atom is 0.273 e. The molecule has 11 heteroatoms. The van der Waals surface area contributed by atoms with Crippen LogP contribution in [0.2, 0.25) is 0 Å². The van der Waals surface area contributed by atoms with Crippen LogP contribution in [0.25, 0.3) is 22.5 Å². The minimum absolute atomic E-state index is 0.122. The second-order valence-corrected chi connectivity index (χ2v) is 8.50. The van der Waals surface area contributed by atoms with E-state index in [1.54, 1.807) is 36.9 Å². The summed E-state index contributed by atoms with van der Waals surface area (Å²) in [7, 11) is 0. The molecular formula is C25H22N8O3. The zero-order valence-corrected chi connectivity index (χ0v) is 20.1. The Hall–Kier alpha value is -4.93. The van der Waals surface area contributed by atoms with E-state index in [0.29, 0.717) is 28.4 Å². The summed E-state index contributed by atoms with van der Waals surface area (Å²) in [6.07, 6.45) is 3.08. The summed E-state index contributed by atoms with van der Waals surface area (Å²) in [6, 6.07) is 12.1. The molecule has 0 bridgehead atoms. The highest BCUT2D eigenvalue weighted by atomic mass is 16.6. The number of hydrogen-bond donors (Lipinski definition) is 1. The highest BCUT2D eigenvalue weighted by Crippen LogP contribution is 2.26. The molecule has 0 spiro atoms. The van der Waals surface area contributed by atoms with Crippen molar-refractivity contribution in [3.8, 4) is 11.5 Å². The Kier molecular flexibility index (Phi) is 5.51. The minimum atomic E-state index is -0.509. The maximum atomic E-state index is 13.1. The molecule has 0 atom stereocenters. The van der Waals surface area contributed by atoms with Crippen LogP contribution in [0.4, 0.5) is 11.5 Å². The topological polar surface area (TPSA) is 134 Å². The third-order valence-electron chi connectivity index (χ3n) is 6.10. The highest BCUT2D eigenvalue weighted by molar-refractivity contribution is 6.05. The van der Waals surface area contributed by atoms with Crippen LogP contribution in [0, 0.1) is 37.8 Å². The molecule has 0 aliphatic rings. The molecule has 5 aromatic rings. The predicted molar refractivity (Wildman–Crippen MR) is 134 cm³/mol. The number of amides is 1. The van der Waals surface area contributed by atoms with E-state index in [9.17, 15) is 14.9 Å². The quantitative estimate of drug-likeness (QED) is 0.290. The summed E-state index contributed by atoms with van der Waals surface area (Å²) in [5.74, 6) is 0.310. The van der Waals surface area contributed by atoms with Crippen LogP contribution in [0.5, 0.6) is 0 Å². The van der Waals surface area contributed by atoms with Crippen molar-refractivity contribution in [1.82, 2.24) is 29.5 Å². The maximum absolute atomic E-state index is 13.1. The average Bonchev–Trinajstić information content (AvgIpc) is 3.44. The number of benzene rings is 2. The van der Waals surface area contributed by atoms with Crippen molar-refractivity contribution in [3.63, 3.8) is 0 Å². The monoisotopic (exact) mass is 482 g/mol. The molecule has 5 rings (SSSR count). The second-order valence-electron chi connectivity index (χ2n) is 8.50. The lowest BCUT2D eigenvalue weighted by Crippen LogP contribution is -2.17. The first-order chi connectivity index (χ1) is 17.2. The number of nitrogens with one attached hydrogen (secondary N) is 1. The van der Waals surface area contributed by atoms with Gasteiger partial charge in [-0.3, -0.25) is 14.9 Å². The molecular weight excluding hydrogens is 460 g/mol. The fourth-order valence-electron chi connectivity index (χ4n) is 4.05. The van der Waals surface area contributed by atoms with Crippen molar-refractivity contribution in [3.05, 3.63) is 93.1 Å². The number of anilines is 1. The third-order valence-corrected chi connectivity index (χ3v) is 6.10. The Balaban J connectivity index is 1.56. The van der Waals surface area contributed by atoms with E-state index in [1.807, 2.05) is 32.0 Å². The summed E-state index contributed by atoms with van der Waals surface area (Å²) in [5, 5.41) is 23.8. The molecule has 1 N–H and O–H groups in total. The lowest BCUT2D eigenvalue weighted by atomic mass is 10.1. The SMILES string of the molecule is Cc1cc(NC(=O)c2cccc([N+](=O)[O-])c2C)n(-c2ncnc3c2cnn3-c2ccc(C)c(C)c2)n1. The van der Waals surface area contributed by atoms with Crippen molar-refractivity contribution in [2.24, 2.45) is 0 Å². The number of carbonyl (C=O) groups excluding carboxylic acids is 1. The van der Waals surface area contributed by atoms with Gasteiger partial charge in [0.15, 0.2) is 11.5 Å². The summed E-state index contributed by atoms with van der Waals surface area (Å²) < 4.78 is 3.24. The number of aromatic nitrogens is 6. The molecule has 11 nitrogen and oxygen atoms in total. The Morgan fingerprint density at radius 3 is 2.56 bits per heavy atom. The van der Waals surface area contributed by atoms with E-state index in [-0.39, 0.29) is 16.8 Å². The number of carbonyl (C=O) groups is 1. The van der Waals surface area contributed by atoms with Crippen molar-refractivity contribution in [2.45, 2.75) is 27.7 Å². The van der Waals surface area contributed by atoms with Crippen molar-refractivity contribution < 1.29 is 9.72 Å². The fourth-order valence-corrected chi connectivity index (χ4v) is 4.05. The number of nitrogens with zero attached hydrogens (tertiary/aromatic N) is 7. The molecule has 36 heavy (non-hydrogen) atoms. The second kappa shape index (κ2) is 8.69. The van der Waals surface area contributed by atoms with E-state index in [1.165, 1.54) is 28.7 Å². The van der Waals surface area contributed by atoms with Gasteiger partial charge in [-0.15, -0.1) is 0 Å². The van der Waals surface area contributed by atoms with E-state index < -0.39 is 10.8 Å². The van der Waals surface area contributed by atoms with Gasteiger partial charge in [-0.1, -0.05) is 12.1 Å². The summed E-state index contributed by atoms with van der Waals surface area (Å²) in [4.78, 5) is 32.7. The minimum Gasteiger partial charge on any atom is -0.306 e. The smallest absolute Gasteiger partial charge is 0.273 e. The summed E-state index contributed by atoms with van der Waals surface area (Å²) >= 11 is 0. The lowest BCUT2D eigenvalue weighted by molar-refractivity contribution is -0.385. The van der Waals surface area contributed by atoms with E-state index in [4.69, 9.17) is 0 Å². The molecule has 3 heterocycles. The van der Waals surface area contributed by atoms with Gasteiger partial charge in [0.2, 0.25) is 0 Å². The molecule has 0 fully saturated rings. The number of aryl methyl sites for hydroxylation is 3. The molecule has 3 aromatic heterocycles. The number of rotatable bonds is 5. The third kappa shape index (κ3) is 3.86. The van der Waals surface area contributed by atoms with Gasteiger partial charge >= 0.3 is 0 Å². The average molecular weight is 483 g/mol. The van der Waals surface area contributed by atoms with Gasteiger partial charge < -0.3 is 5.32 Å². The Bertz CT molecular complexity index is 1670. The Labute approximate surface area is 205 Å². The molecule has 0 radical (unpaired) electrons. The van der Waals surface area contributed by atoms with Gasteiger partial charge in [-0.25, -0.2) is 14.6 Å². The normalized spacial score (nSPS) is 11.1. The van der Waals surface area contributed by atoms with Crippen molar-refractivity contribution in [1.29, 1.82) is 0 Å². The van der Waals surface area contributed by atoms with Gasteiger partial charge in [0, 0.05) is 23.3 Å². The first-order valence-electron chi connectivity index (χ1n) is 11.1. The van der Waals surface area contributed by atoms with Gasteiger partial charge in [0.1, 0.15) is 12.1 Å². The van der Waals surface area contributed by atoms with Crippen LogP contribution >= 0.6 is 0 Å². The molecule has 0 saturated carbocycles. The number of hydrogen-bond acceptors (Lipinski definition) is 7. The number of nitro groups is 1. The molecule has 0 unspecified atom stereocenters. The molecule has 180 valence electrons. The number of fused-ring (bicyclic) bond motifs is 1. The largest absolute Gasteiger partial charge is 0.306 e. The summed E-state index contributed by atoms with van der Waals surface area (Å²) in [6.45, 7) is 7.42. The predicted octanol–water partition coefficient (Wildman–Crippen LogP) is 4.40. The van der Waals surface area contributed by atoms with E-state index in [2.05, 4.69) is 25.5 Å². The first-order valence-corrected chi connectivity index (χ1v) is 11.1. The summed E-state index contributed by atoms with van der Waals surface area (Å²) in [5.41, 5.74) is 4.77. The molecule has 0 aliphatic heterocycles. The van der Waals surface area contributed by atoms with E-state index in [0.717, 1.165) is 11.3 Å². The Morgan fingerprint density at radius 1 is 1.00 bits per heavy atom. The van der Waals surface area contributed by atoms with Gasteiger partial charge in [-0.2, -0.15) is 14.9 Å². The van der Waals surface area contributed by atoms with Crippen molar-refractivity contribution in [2.75, 3.05) is 5.32 Å². The van der Waals surface area contributed by atoms with Crippen LogP contribution in [-0.4, -0.2) is 40.4 Å². The Morgan fingerprint density at radius 2 is 1.81 bits per heavy atom. The molecule has 0 aliphatic carbocycles. The lowest BCUT2D eigenvalue weighted by Gasteiger charge is -2.11. The molecule has 0 saturated heterocycles. The molecule has 2 aromatic carbocycles. The molecule has 1 amide bonds. The van der Waals surface area contributed by atoms with Crippen molar-refractivity contribution >= 4 is 28.4 Å². The van der Waals surface area contributed by atoms with Crippen LogP contribution in [0.3, 0.4) is 0 Å². The number of nitro benzene ring substituents is 1. The van der Waals surface area contributed by atoms with Crippen LogP contribution in [0.1, 0.15) is 32.7 Å². The fraction of sp³-hybridized carbons (Fsp3) is 0.160. The van der Waals surface area contributed by atoms with Crippen LogP contribution in [-0.2, 0) is 0 Å². The zero-order valence-electron chi connectivity index (χ0n) is 20.1. The van der Waals surface area contributed by atoms with Gasteiger partial charge in [0.05, 0.1) is 27.9 Å². The highest BCUT2D eigenvalue weighted by Gasteiger charge is 2.21. The first kappa shape index (κ1) is 22.8. The standard InChI is InChI=1S/C25H22N8O3/c1-14-8-9-18(10-15(14)2)31-23-20(12-28-31)24(27-13-26-23)32-22(11-16(3)30-32)29-25(34)19-6-5-7-21(17(19)4)33(35)36/h5-13H,1-4H3,(H,29,34). The van der Waals surface area contributed by atoms with Crippen LogP contribution in [0.15, 0.2) is 55.0 Å². The van der Waals surface area contributed by atoms with E-state index >= 15 is 0 Å². The zero-order chi connectivity index (χ0) is 25.6. The van der Waals surface area contributed by atoms with Gasteiger partial charge in [0.25, 0.3) is 11.6 Å².